The molecule has 140 valence electrons. The van der Waals surface area contributed by atoms with E-state index >= 15 is 0 Å². The Morgan fingerprint density at radius 1 is 1.04 bits per heavy atom. The Morgan fingerprint density at radius 2 is 1.62 bits per heavy atom. The number of phenolic OH excluding ortho intramolecular Hbond substituents is 1. The van der Waals surface area contributed by atoms with Crippen LogP contribution in [0.2, 0.25) is 0 Å². The van der Waals surface area contributed by atoms with Crippen molar-refractivity contribution in [1.82, 2.24) is 0 Å². The Kier molecular flexibility index (Phi) is 10.8. The summed E-state index contributed by atoms with van der Waals surface area (Å²) in [6.45, 7) is 8.55. The van der Waals surface area contributed by atoms with Crippen molar-refractivity contribution < 1.29 is 26.0 Å². The molecule has 0 saturated heterocycles. The third-order valence-corrected chi connectivity index (χ3v) is 4.60. The molecule has 26 heavy (non-hydrogen) atoms. The van der Waals surface area contributed by atoms with Gasteiger partial charge in [0.15, 0.2) is 0 Å². The van der Waals surface area contributed by atoms with Gasteiger partial charge >= 0.3 is 37.9 Å². The van der Waals surface area contributed by atoms with Crippen LogP contribution in [0.3, 0.4) is 0 Å². The van der Waals surface area contributed by atoms with Gasteiger partial charge in [-0.15, -0.1) is 0 Å². The number of hydrogen-bond donors (Lipinski definition) is 1. The van der Waals surface area contributed by atoms with Crippen molar-refractivity contribution in [3.8, 4) is 5.75 Å². The number of halogens is 2. The normalized spacial score (nSPS) is 11.3. The van der Waals surface area contributed by atoms with Crippen LogP contribution in [-0.4, -0.2) is 17.4 Å². The third-order valence-electron chi connectivity index (χ3n) is 4.60. The molecule has 0 unspecified atom stereocenters. The third kappa shape index (κ3) is 6.52. The molecule has 2 aromatic carbocycles. The zero-order chi connectivity index (χ0) is 19.6. The molecule has 0 heterocycles. The summed E-state index contributed by atoms with van der Waals surface area (Å²) in [5.74, 6) is 0.330. The number of para-hydroxylation sites is 1. The summed E-state index contributed by atoms with van der Waals surface area (Å²) in [7, 11) is 9.87. The molecule has 0 bridgehead atoms. The number of nitrogens with zero attached hydrogens (tertiary/aromatic N) is 1. The van der Waals surface area contributed by atoms with Gasteiger partial charge in [0.1, 0.15) is 5.75 Å². The predicted octanol–water partition coefficient (Wildman–Crippen LogP) is 6.70. The monoisotopic (exact) mass is 469 g/mol. The first-order valence-corrected chi connectivity index (χ1v) is 15.1. The molecule has 0 aromatic heterocycles. The fraction of sp³-hybridized carbons (Fsp3) is 0.381. The Hall–Kier alpha value is -0.627. The van der Waals surface area contributed by atoms with E-state index in [9.17, 15) is 5.11 Å². The average Bonchev–Trinajstić information content (AvgIpc) is 2.65. The summed E-state index contributed by atoms with van der Waals surface area (Å²) >= 11 is -0.826. The van der Waals surface area contributed by atoms with Crippen molar-refractivity contribution in [2.45, 2.75) is 52.0 Å². The zero-order valence-electron chi connectivity index (χ0n) is 15.8. The van der Waals surface area contributed by atoms with E-state index in [-0.39, 0.29) is 5.41 Å². The van der Waals surface area contributed by atoms with Crippen molar-refractivity contribution in [3.05, 3.63) is 65.2 Å². The molecule has 0 aliphatic carbocycles. The van der Waals surface area contributed by atoms with E-state index in [1.54, 1.807) is 0 Å². The molecule has 2 aromatic rings. The van der Waals surface area contributed by atoms with Gasteiger partial charge < -0.3 is 5.11 Å². The maximum absolute atomic E-state index is 10.8. The van der Waals surface area contributed by atoms with E-state index in [0.29, 0.717) is 11.8 Å². The van der Waals surface area contributed by atoms with Crippen LogP contribution in [0.5, 0.6) is 5.75 Å². The van der Waals surface area contributed by atoms with E-state index in [1.807, 2.05) is 42.6 Å². The number of aliphatic imine (C=N–C) groups is 1. The topological polar surface area (TPSA) is 32.6 Å². The van der Waals surface area contributed by atoms with E-state index in [2.05, 4.69) is 44.8 Å². The fourth-order valence-corrected chi connectivity index (χ4v) is 2.87. The van der Waals surface area contributed by atoms with Crippen LogP contribution in [0.1, 0.15) is 57.2 Å². The van der Waals surface area contributed by atoms with Gasteiger partial charge in [-0.25, -0.2) is 0 Å². The van der Waals surface area contributed by atoms with E-state index in [1.165, 1.54) is 5.56 Å². The maximum atomic E-state index is 10.8. The van der Waals surface area contributed by atoms with Gasteiger partial charge in [0, 0.05) is 28.8 Å². The van der Waals surface area contributed by atoms with Gasteiger partial charge in [-0.1, -0.05) is 70.2 Å². The van der Waals surface area contributed by atoms with Crippen molar-refractivity contribution in [3.63, 3.8) is 0 Å². The Labute approximate surface area is 176 Å². The SMILES string of the molecule is CCC(CC)N=Cc1cccc(C(C)(C)c2ccccc2)c1O.[Cl][Zr][Cl]. The van der Waals surface area contributed by atoms with Crippen molar-refractivity contribution in [1.29, 1.82) is 0 Å². The number of hydrogen-bond acceptors (Lipinski definition) is 2. The standard InChI is InChI=1S/C21H27NO.2ClH.Zr/c1-5-18(6-2)22-15-16-11-10-14-19(20(16)23)21(3,4)17-12-8-7-9-13-17;;;/h7-15,18,23H,5-6H2,1-4H3;2*1H;/q;;;+2/p-2. The molecule has 0 atom stereocenters. The van der Waals surface area contributed by atoms with Crippen LogP contribution >= 0.6 is 17.0 Å². The predicted molar refractivity (Wildman–Crippen MR) is 110 cm³/mol. The van der Waals surface area contributed by atoms with Crippen LogP contribution in [0.4, 0.5) is 0 Å². The van der Waals surface area contributed by atoms with Gasteiger partial charge in [-0.3, -0.25) is 4.99 Å². The van der Waals surface area contributed by atoms with E-state index in [0.717, 1.165) is 24.0 Å². The number of phenols is 1. The molecular formula is C21H27Cl2NOZr. The van der Waals surface area contributed by atoms with E-state index < -0.39 is 20.8 Å². The quantitative estimate of drug-likeness (QED) is 0.467. The Morgan fingerprint density at radius 3 is 2.15 bits per heavy atom. The van der Waals surface area contributed by atoms with Crippen LogP contribution in [0.15, 0.2) is 53.5 Å². The summed E-state index contributed by atoms with van der Waals surface area (Å²) < 4.78 is 0. The van der Waals surface area contributed by atoms with Gasteiger partial charge in [0.2, 0.25) is 0 Å². The Bertz CT molecular complexity index is 686. The van der Waals surface area contributed by atoms with Crippen LogP contribution < -0.4 is 0 Å². The summed E-state index contributed by atoms with van der Waals surface area (Å²) in [6, 6.07) is 16.5. The number of aromatic hydroxyl groups is 1. The molecule has 0 radical (unpaired) electrons. The van der Waals surface area contributed by atoms with Gasteiger partial charge in [0.05, 0.1) is 0 Å². The zero-order valence-corrected chi connectivity index (χ0v) is 19.8. The second-order valence-corrected chi connectivity index (χ2v) is 10.3. The minimum absolute atomic E-state index is 0.260. The van der Waals surface area contributed by atoms with Gasteiger partial charge in [-0.2, -0.15) is 0 Å². The number of benzene rings is 2. The van der Waals surface area contributed by atoms with Crippen molar-refractivity contribution in [2.24, 2.45) is 4.99 Å². The second kappa shape index (κ2) is 12.0. The molecule has 5 heteroatoms. The van der Waals surface area contributed by atoms with E-state index in [4.69, 9.17) is 17.0 Å². The molecule has 0 aliphatic heterocycles. The molecule has 0 amide bonds. The molecule has 2 nitrogen and oxygen atoms in total. The first-order valence-electron chi connectivity index (χ1n) is 8.79. The summed E-state index contributed by atoms with van der Waals surface area (Å²) in [6.07, 6.45) is 3.85. The summed E-state index contributed by atoms with van der Waals surface area (Å²) in [5.41, 5.74) is 2.64. The molecule has 1 N–H and O–H groups in total. The molecule has 0 saturated carbocycles. The molecular weight excluding hydrogens is 444 g/mol. The van der Waals surface area contributed by atoms with Crippen LogP contribution in [0.25, 0.3) is 0 Å². The van der Waals surface area contributed by atoms with Crippen molar-refractivity contribution >= 4 is 23.2 Å². The first kappa shape index (κ1) is 23.4. The van der Waals surface area contributed by atoms with Gasteiger partial charge in [0.25, 0.3) is 0 Å². The van der Waals surface area contributed by atoms with Crippen molar-refractivity contribution in [2.75, 3.05) is 0 Å². The first-order chi connectivity index (χ1) is 12.4. The van der Waals surface area contributed by atoms with Crippen LogP contribution in [0, 0.1) is 0 Å². The minimum atomic E-state index is -0.826. The summed E-state index contributed by atoms with van der Waals surface area (Å²) in [5, 5.41) is 10.8. The summed E-state index contributed by atoms with van der Waals surface area (Å²) in [4.78, 5) is 4.60. The molecule has 0 spiro atoms. The molecule has 2 rings (SSSR count). The Balaban J connectivity index is 0.00000105. The molecule has 0 fully saturated rings. The van der Waals surface area contributed by atoms with Crippen LogP contribution in [-0.2, 0) is 26.3 Å². The van der Waals surface area contributed by atoms with Gasteiger partial charge in [-0.05, 0) is 24.5 Å². The number of rotatable bonds is 6. The second-order valence-electron chi connectivity index (χ2n) is 6.55. The fourth-order valence-electron chi connectivity index (χ4n) is 2.87. The molecule has 0 aliphatic rings. The average molecular weight is 472 g/mol.